The van der Waals surface area contributed by atoms with Crippen molar-refractivity contribution in [2.45, 2.75) is 19.8 Å². The van der Waals surface area contributed by atoms with Gasteiger partial charge in [-0.05, 0) is 13.0 Å². The van der Waals surface area contributed by atoms with Crippen LogP contribution < -0.4 is 5.32 Å². The maximum Gasteiger partial charge on any atom is 0.234 e. The summed E-state index contributed by atoms with van der Waals surface area (Å²) < 4.78 is 0.701. The van der Waals surface area contributed by atoms with Gasteiger partial charge in [0.05, 0.1) is 11.1 Å². The molecule has 0 aromatic rings. The third kappa shape index (κ3) is 5.45. The number of nitrogens with zero attached hydrogens (tertiary/aromatic N) is 2. The molecule has 1 aliphatic heterocycles. The van der Waals surface area contributed by atoms with E-state index in [0.29, 0.717) is 11.1 Å². The van der Waals surface area contributed by atoms with E-state index in [-0.39, 0.29) is 5.91 Å². The highest BCUT2D eigenvalue weighted by atomic mass is 127. The molecule has 0 radical (unpaired) electrons. The van der Waals surface area contributed by atoms with Crippen molar-refractivity contribution in [3.63, 3.8) is 0 Å². The molecule has 0 aliphatic carbocycles. The van der Waals surface area contributed by atoms with E-state index in [1.54, 1.807) is 0 Å². The topological polar surface area (TPSA) is 35.6 Å². The Balaban J connectivity index is 2.14. The Morgan fingerprint density at radius 3 is 2.44 bits per heavy atom. The number of nitrogens with one attached hydrogen (secondary N) is 1. The zero-order valence-electron chi connectivity index (χ0n) is 10.0. The molecule has 0 saturated carbocycles. The van der Waals surface area contributed by atoms with Gasteiger partial charge in [0.15, 0.2) is 0 Å². The van der Waals surface area contributed by atoms with Gasteiger partial charge in [-0.25, -0.2) is 0 Å². The number of carbonyl (C=O) groups is 1. The average Bonchev–Trinajstić information content (AvgIpc) is 2.28. The number of carbonyl (C=O) groups excluding carboxylic acids is 1. The van der Waals surface area contributed by atoms with Gasteiger partial charge < -0.3 is 10.2 Å². The van der Waals surface area contributed by atoms with Gasteiger partial charge in [0.1, 0.15) is 0 Å². The fourth-order valence-electron chi connectivity index (χ4n) is 1.89. The summed E-state index contributed by atoms with van der Waals surface area (Å²) in [6.45, 7) is 8.27. The fraction of sp³-hybridized carbons (Fsp3) is 0.909. The van der Waals surface area contributed by atoms with Gasteiger partial charge in [0, 0.05) is 26.2 Å². The third-order valence-corrected chi connectivity index (χ3v) is 3.31. The van der Waals surface area contributed by atoms with Crippen LogP contribution >= 0.6 is 22.6 Å². The lowest BCUT2D eigenvalue weighted by atomic mass is 10.2. The zero-order chi connectivity index (χ0) is 11.8. The maximum atomic E-state index is 11.4. The Kier molecular flexibility index (Phi) is 7.31. The van der Waals surface area contributed by atoms with Gasteiger partial charge in [0.25, 0.3) is 0 Å². The lowest BCUT2D eigenvalue weighted by Crippen LogP contribution is -2.49. The monoisotopic (exact) mass is 339 g/mol. The molecule has 1 rings (SSSR count). The smallest absolute Gasteiger partial charge is 0.234 e. The highest BCUT2D eigenvalue weighted by Crippen LogP contribution is 2.03. The first-order valence-electron chi connectivity index (χ1n) is 6.03. The van der Waals surface area contributed by atoms with E-state index >= 15 is 0 Å². The van der Waals surface area contributed by atoms with Gasteiger partial charge in [-0.3, -0.25) is 9.69 Å². The number of hydrogen-bond donors (Lipinski definition) is 1. The molecule has 0 aromatic carbocycles. The quantitative estimate of drug-likeness (QED) is 0.444. The average molecular weight is 339 g/mol. The van der Waals surface area contributed by atoms with Crippen molar-refractivity contribution in [1.29, 1.82) is 0 Å². The first kappa shape index (κ1) is 14.2. The molecule has 0 atom stereocenters. The molecule has 5 heteroatoms. The van der Waals surface area contributed by atoms with Gasteiger partial charge in [-0.1, -0.05) is 35.9 Å². The number of piperazine rings is 1. The summed E-state index contributed by atoms with van der Waals surface area (Å²) >= 11 is 2.16. The van der Waals surface area contributed by atoms with Crippen LogP contribution in [0.2, 0.25) is 0 Å². The van der Waals surface area contributed by atoms with Crippen LogP contribution in [0.3, 0.4) is 0 Å². The molecular weight excluding hydrogens is 317 g/mol. The van der Waals surface area contributed by atoms with E-state index in [1.165, 1.54) is 19.4 Å². The maximum absolute atomic E-state index is 11.4. The summed E-state index contributed by atoms with van der Waals surface area (Å²) in [6, 6.07) is 0. The molecule has 1 fully saturated rings. The van der Waals surface area contributed by atoms with Crippen LogP contribution in [0.15, 0.2) is 0 Å². The number of unbranched alkanes of at least 4 members (excludes halogenated alkanes) is 1. The number of alkyl halides is 1. The summed E-state index contributed by atoms with van der Waals surface area (Å²) in [4.78, 5) is 16.1. The standard InChI is InChI=1S/C11H22IN3O/c1-2-3-4-14-5-7-15(8-6-14)9-11(16)13-10-12/h2-10H2,1H3,(H,13,16). The molecular formula is C11H22IN3O. The van der Waals surface area contributed by atoms with Crippen molar-refractivity contribution in [1.82, 2.24) is 15.1 Å². The number of hydrogen-bond acceptors (Lipinski definition) is 3. The largest absolute Gasteiger partial charge is 0.346 e. The van der Waals surface area contributed by atoms with Gasteiger partial charge in [0.2, 0.25) is 5.91 Å². The van der Waals surface area contributed by atoms with Gasteiger partial charge >= 0.3 is 0 Å². The lowest BCUT2D eigenvalue weighted by molar-refractivity contribution is -0.122. The molecule has 1 amide bonds. The van der Waals surface area contributed by atoms with E-state index in [1.807, 2.05) is 0 Å². The van der Waals surface area contributed by atoms with Crippen LogP contribution in [0.5, 0.6) is 0 Å². The van der Waals surface area contributed by atoms with E-state index < -0.39 is 0 Å². The van der Waals surface area contributed by atoms with Crippen molar-refractivity contribution in [3.8, 4) is 0 Å². The zero-order valence-corrected chi connectivity index (χ0v) is 12.2. The highest BCUT2D eigenvalue weighted by molar-refractivity contribution is 14.1. The number of amides is 1. The minimum Gasteiger partial charge on any atom is -0.346 e. The second-order valence-corrected chi connectivity index (χ2v) is 4.97. The molecule has 1 heterocycles. The SMILES string of the molecule is CCCCN1CCN(CC(=O)NCI)CC1. The second kappa shape index (κ2) is 8.25. The molecule has 0 aromatic heterocycles. The normalized spacial score (nSPS) is 18.6. The molecule has 4 nitrogen and oxygen atoms in total. The van der Waals surface area contributed by atoms with Crippen LogP contribution in [-0.2, 0) is 4.79 Å². The summed E-state index contributed by atoms with van der Waals surface area (Å²) in [5.41, 5.74) is 0. The highest BCUT2D eigenvalue weighted by Gasteiger charge is 2.17. The molecule has 0 bridgehead atoms. The fourth-order valence-corrected chi connectivity index (χ4v) is 2.31. The van der Waals surface area contributed by atoms with E-state index in [0.717, 1.165) is 26.2 Å². The molecule has 94 valence electrons. The predicted molar refractivity (Wildman–Crippen MR) is 74.8 cm³/mol. The molecule has 1 saturated heterocycles. The van der Waals surface area contributed by atoms with Gasteiger partial charge in [-0.2, -0.15) is 0 Å². The van der Waals surface area contributed by atoms with Gasteiger partial charge in [-0.15, -0.1) is 0 Å². The third-order valence-electron chi connectivity index (χ3n) is 2.92. The Labute approximate surface area is 112 Å². The van der Waals surface area contributed by atoms with E-state index in [2.05, 4.69) is 44.6 Å². The van der Waals surface area contributed by atoms with Crippen LogP contribution in [0.4, 0.5) is 0 Å². The summed E-state index contributed by atoms with van der Waals surface area (Å²) in [5.74, 6) is 0.149. The lowest BCUT2D eigenvalue weighted by Gasteiger charge is -2.34. The molecule has 0 spiro atoms. The van der Waals surface area contributed by atoms with Crippen molar-refractivity contribution >= 4 is 28.5 Å². The van der Waals surface area contributed by atoms with E-state index in [4.69, 9.17) is 0 Å². The summed E-state index contributed by atoms with van der Waals surface area (Å²) in [7, 11) is 0. The predicted octanol–water partition coefficient (Wildman–Crippen LogP) is 0.913. The van der Waals surface area contributed by atoms with Crippen LogP contribution in [0, 0.1) is 0 Å². The first-order chi connectivity index (χ1) is 7.76. The van der Waals surface area contributed by atoms with Crippen molar-refractivity contribution in [3.05, 3.63) is 0 Å². The molecule has 1 N–H and O–H groups in total. The van der Waals surface area contributed by atoms with Crippen molar-refractivity contribution in [2.24, 2.45) is 0 Å². The minimum absolute atomic E-state index is 0.149. The van der Waals surface area contributed by atoms with Crippen molar-refractivity contribution < 1.29 is 4.79 Å². The Hall–Kier alpha value is 0.120. The van der Waals surface area contributed by atoms with Crippen LogP contribution in [0.25, 0.3) is 0 Å². The second-order valence-electron chi connectivity index (χ2n) is 4.20. The van der Waals surface area contributed by atoms with Crippen LogP contribution in [-0.4, -0.2) is 59.5 Å². The van der Waals surface area contributed by atoms with E-state index in [9.17, 15) is 4.79 Å². The Morgan fingerprint density at radius 2 is 1.88 bits per heavy atom. The summed E-state index contributed by atoms with van der Waals surface area (Å²) in [6.07, 6.45) is 2.55. The van der Waals surface area contributed by atoms with Crippen molar-refractivity contribution in [2.75, 3.05) is 43.8 Å². The number of halogens is 1. The Morgan fingerprint density at radius 1 is 1.25 bits per heavy atom. The molecule has 0 unspecified atom stereocenters. The molecule has 16 heavy (non-hydrogen) atoms. The van der Waals surface area contributed by atoms with Crippen LogP contribution in [0.1, 0.15) is 19.8 Å². The first-order valence-corrected chi connectivity index (χ1v) is 7.56. The molecule has 1 aliphatic rings. The summed E-state index contributed by atoms with van der Waals surface area (Å²) in [5, 5.41) is 2.83. The number of rotatable bonds is 6. The minimum atomic E-state index is 0.149. The Bertz CT molecular complexity index is 205.